The highest BCUT2D eigenvalue weighted by atomic mass is 19.4. The van der Waals surface area contributed by atoms with Crippen molar-refractivity contribution in [3.05, 3.63) is 37.9 Å². The lowest BCUT2D eigenvalue weighted by Crippen LogP contribution is -2.38. The highest BCUT2D eigenvalue weighted by molar-refractivity contribution is 5.87. The molecule has 9 nitrogen and oxygen atoms in total. The van der Waals surface area contributed by atoms with Crippen LogP contribution in [-0.4, -0.2) is 28.3 Å². The van der Waals surface area contributed by atoms with Gasteiger partial charge in [0.25, 0.3) is 11.4 Å². The van der Waals surface area contributed by atoms with Crippen LogP contribution >= 0.6 is 0 Å². The molecule has 1 aromatic carbocycles. The Hall–Kier alpha value is -2.92. The van der Waals surface area contributed by atoms with E-state index in [0.717, 1.165) is 0 Å². The number of hydrogen-bond acceptors (Lipinski definition) is 6. The van der Waals surface area contributed by atoms with Gasteiger partial charge in [-0.25, -0.2) is 0 Å². The number of amides is 1. The van der Waals surface area contributed by atoms with Gasteiger partial charge in [-0.3, -0.25) is 25.0 Å². The molecule has 0 bridgehead atoms. The highest BCUT2D eigenvalue weighted by Gasteiger charge is 2.38. The average molecular weight is 362 g/mol. The number of nitro benzene ring substituents is 2. The van der Waals surface area contributed by atoms with E-state index in [0.29, 0.717) is 19.4 Å². The number of hydrogen-bond donors (Lipinski definition) is 2. The molecule has 2 N–H and O–H groups in total. The van der Waals surface area contributed by atoms with Gasteiger partial charge in [0.05, 0.1) is 15.4 Å². The van der Waals surface area contributed by atoms with Crippen molar-refractivity contribution < 1.29 is 27.8 Å². The number of carbonyl (C=O) groups excluding carboxylic acids is 1. The zero-order chi connectivity index (χ0) is 18.8. The van der Waals surface area contributed by atoms with Crippen LogP contribution in [0.3, 0.4) is 0 Å². The van der Waals surface area contributed by atoms with E-state index in [1.54, 1.807) is 0 Å². The van der Waals surface area contributed by atoms with Crippen molar-refractivity contribution in [1.29, 1.82) is 0 Å². The number of alkyl halides is 3. The zero-order valence-corrected chi connectivity index (χ0v) is 12.6. The number of benzene rings is 1. The summed E-state index contributed by atoms with van der Waals surface area (Å²) in [7, 11) is 0. The molecule has 0 aromatic heterocycles. The van der Waals surface area contributed by atoms with Gasteiger partial charge >= 0.3 is 6.18 Å². The van der Waals surface area contributed by atoms with E-state index in [1.165, 1.54) is 0 Å². The fourth-order valence-corrected chi connectivity index (χ4v) is 2.46. The van der Waals surface area contributed by atoms with E-state index in [4.69, 9.17) is 0 Å². The van der Waals surface area contributed by atoms with E-state index < -0.39 is 50.6 Å². The van der Waals surface area contributed by atoms with Crippen LogP contribution < -0.4 is 10.6 Å². The topological polar surface area (TPSA) is 127 Å². The minimum atomic E-state index is -4.99. The third-order valence-corrected chi connectivity index (χ3v) is 3.67. The van der Waals surface area contributed by atoms with Gasteiger partial charge in [-0.1, -0.05) is 0 Å². The molecule has 1 atom stereocenters. The Morgan fingerprint density at radius 1 is 1.12 bits per heavy atom. The molecule has 0 spiro atoms. The normalized spacial score (nSPS) is 18.2. The first-order valence-corrected chi connectivity index (χ1v) is 7.19. The minimum absolute atomic E-state index is 0.212. The molecule has 1 aromatic rings. The van der Waals surface area contributed by atoms with Crippen molar-refractivity contribution in [3.8, 4) is 0 Å². The number of nitrogens with zero attached hydrogens (tertiary/aromatic N) is 2. The second-order valence-electron chi connectivity index (χ2n) is 5.39. The molecule has 12 heteroatoms. The van der Waals surface area contributed by atoms with E-state index in [9.17, 15) is 38.2 Å². The molecule has 0 radical (unpaired) electrons. The molecule has 0 saturated carbocycles. The number of carbonyl (C=O) groups is 1. The summed E-state index contributed by atoms with van der Waals surface area (Å²) in [6, 6.07) is -0.593. The van der Waals surface area contributed by atoms with Gasteiger partial charge in [-0.05, 0) is 19.3 Å². The number of anilines is 1. The summed E-state index contributed by atoms with van der Waals surface area (Å²) in [6.07, 6.45) is -3.53. The Morgan fingerprint density at radius 3 is 2.16 bits per heavy atom. The predicted molar refractivity (Wildman–Crippen MR) is 79.0 cm³/mol. The van der Waals surface area contributed by atoms with Gasteiger partial charge in [0.15, 0.2) is 5.69 Å². The van der Waals surface area contributed by atoms with Crippen LogP contribution in [0, 0.1) is 20.2 Å². The van der Waals surface area contributed by atoms with E-state index in [1.807, 2.05) is 0 Å². The van der Waals surface area contributed by atoms with Crippen molar-refractivity contribution in [2.75, 3.05) is 11.9 Å². The molecule has 136 valence electrons. The summed E-state index contributed by atoms with van der Waals surface area (Å²) < 4.78 is 38.6. The molecule has 1 fully saturated rings. The summed E-state index contributed by atoms with van der Waals surface area (Å²) in [5.74, 6) is -0.527. The van der Waals surface area contributed by atoms with Crippen molar-refractivity contribution in [1.82, 2.24) is 5.32 Å². The Morgan fingerprint density at radius 2 is 1.68 bits per heavy atom. The molecule has 1 aliphatic heterocycles. The Labute approximate surface area is 138 Å². The van der Waals surface area contributed by atoms with Gasteiger partial charge in [0, 0.05) is 18.7 Å². The molecule has 1 saturated heterocycles. The minimum Gasteiger partial charge on any atom is -0.362 e. The molecule has 0 unspecified atom stereocenters. The van der Waals surface area contributed by atoms with Crippen molar-refractivity contribution in [2.45, 2.75) is 31.5 Å². The summed E-state index contributed by atoms with van der Waals surface area (Å²) in [6.45, 7) is 0.383. The maximum Gasteiger partial charge on any atom is 0.416 e. The smallest absolute Gasteiger partial charge is 0.362 e. The Kier molecular flexibility index (Phi) is 5.09. The molecule has 1 aliphatic rings. The molecule has 25 heavy (non-hydrogen) atoms. The lowest BCUT2D eigenvalue weighted by atomic mass is 10.1. The molecule has 1 amide bonds. The summed E-state index contributed by atoms with van der Waals surface area (Å²) in [5.41, 5.74) is -4.45. The second kappa shape index (κ2) is 6.91. The first-order chi connectivity index (χ1) is 11.6. The average Bonchev–Trinajstić information content (AvgIpc) is 2.70. The van der Waals surface area contributed by atoms with Crippen LogP contribution in [0.5, 0.6) is 0 Å². The number of rotatable bonds is 4. The van der Waals surface area contributed by atoms with E-state index in [-0.39, 0.29) is 18.6 Å². The van der Waals surface area contributed by atoms with Crippen LogP contribution in [0.1, 0.15) is 24.8 Å². The maximum absolute atomic E-state index is 12.9. The van der Waals surface area contributed by atoms with Gasteiger partial charge in [-0.15, -0.1) is 0 Å². The Bertz CT molecular complexity index is 687. The van der Waals surface area contributed by atoms with Crippen LogP contribution in [-0.2, 0) is 11.0 Å². The second-order valence-corrected chi connectivity index (χ2v) is 5.39. The Balaban J connectivity index is 2.56. The van der Waals surface area contributed by atoms with Crippen LogP contribution in [0.4, 0.5) is 30.2 Å². The van der Waals surface area contributed by atoms with E-state index in [2.05, 4.69) is 10.6 Å². The van der Waals surface area contributed by atoms with Crippen molar-refractivity contribution in [3.63, 3.8) is 0 Å². The first-order valence-electron chi connectivity index (χ1n) is 7.19. The number of nitrogens with one attached hydrogen (secondary N) is 2. The van der Waals surface area contributed by atoms with Gasteiger partial charge < -0.3 is 10.6 Å². The lowest BCUT2D eigenvalue weighted by Gasteiger charge is -2.17. The molecule has 0 aliphatic carbocycles. The van der Waals surface area contributed by atoms with Gasteiger partial charge in [0.2, 0.25) is 5.91 Å². The predicted octanol–water partition coefficient (Wildman–Crippen LogP) is 2.60. The fourth-order valence-electron chi connectivity index (χ4n) is 2.46. The van der Waals surface area contributed by atoms with Crippen molar-refractivity contribution >= 4 is 23.0 Å². The van der Waals surface area contributed by atoms with Crippen LogP contribution in [0.15, 0.2) is 12.1 Å². The van der Waals surface area contributed by atoms with Crippen molar-refractivity contribution in [2.24, 2.45) is 0 Å². The van der Waals surface area contributed by atoms with E-state index >= 15 is 0 Å². The third-order valence-electron chi connectivity index (χ3n) is 3.67. The largest absolute Gasteiger partial charge is 0.416 e. The first kappa shape index (κ1) is 18.4. The molecule has 1 heterocycles. The molecule has 2 rings (SSSR count). The number of halogens is 3. The highest BCUT2D eigenvalue weighted by Crippen LogP contribution is 2.41. The summed E-state index contributed by atoms with van der Waals surface area (Å²) >= 11 is 0. The van der Waals surface area contributed by atoms with Gasteiger partial charge in [-0.2, -0.15) is 13.2 Å². The standard InChI is InChI=1S/C13H13F3N4O5/c14-13(15,16)7-5-9(19(22)23)11(10(6-7)20(24)25)18-8-3-1-2-4-17-12(8)21/h5-6,8,18H,1-4H2,(H,17,21)/t8-/m1/s1. The van der Waals surface area contributed by atoms with Crippen LogP contribution in [0.25, 0.3) is 0 Å². The van der Waals surface area contributed by atoms with Gasteiger partial charge in [0.1, 0.15) is 6.04 Å². The SMILES string of the molecule is O=C1NCCCC[C@H]1Nc1c([N+](=O)[O-])cc(C(F)(F)F)cc1[N+](=O)[O-]. The molecular formula is C13H13F3N4O5. The quantitative estimate of drug-likeness (QED) is 0.626. The lowest BCUT2D eigenvalue weighted by molar-refractivity contribution is -0.392. The number of nitro groups is 2. The summed E-state index contributed by atoms with van der Waals surface area (Å²) in [5, 5.41) is 27.2. The maximum atomic E-state index is 12.9. The van der Waals surface area contributed by atoms with Crippen LogP contribution in [0.2, 0.25) is 0 Å². The monoisotopic (exact) mass is 362 g/mol. The fraction of sp³-hybridized carbons (Fsp3) is 0.462. The third kappa shape index (κ3) is 4.14. The summed E-state index contributed by atoms with van der Waals surface area (Å²) in [4.78, 5) is 31.9. The zero-order valence-electron chi connectivity index (χ0n) is 12.6. The molecular weight excluding hydrogens is 349 g/mol.